The van der Waals surface area contributed by atoms with Crippen molar-refractivity contribution in [3.8, 4) is 0 Å². The Balaban J connectivity index is 1.41. The lowest BCUT2D eigenvalue weighted by Gasteiger charge is -2.47. The molecule has 0 saturated carbocycles. The number of ether oxygens (including phenoxy) is 1. The highest BCUT2D eigenvalue weighted by Gasteiger charge is 2.43. The molecule has 142 valence electrons. The van der Waals surface area contributed by atoms with E-state index in [-0.39, 0.29) is 30.8 Å². The van der Waals surface area contributed by atoms with Gasteiger partial charge < -0.3 is 14.5 Å². The molecule has 2 aromatic rings. The maximum Gasteiger partial charge on any atom is 0.253 e. The first kappa shape index (κ1) is 17.7. The van der Waals surface area contributed by atoms with Crippen LogP contribution in [0.25, 0.3) is 0 Å². The Hall–Kier alpha value is -2.74. The number of rotatable bonds is 3. The van der Waals surface area contributed by atoms with E-state index in [9.17, 15) is 14.0 Å². The first-order valence-corrected chi connectivity index (χ1v) is 9.00. The van der Waals surface area contributed by atoms with E-state index in [4.69, 9.17) is 4.74 Å². The molecule has 1 aromatic heterocycles. The van der Waals surface area contributed by atoms with E-state index in [1.807, 2.05) is 0 Å². The number of morpholine rings is 1. The van der Waals surface area contributed by atoms with Crippen molar-refractivity contribution < 1.29 is 18.7 Å². The van der Waals surface area contributed by atoms with Crippen LogP contribution < -0.4 is 4.90 Å². The third kappa shape index (κ3) is 3.71. The van der Waals surface area contributed by atoms with Gasteiger partial charge in [0.05, 0.1) is 12.1 Å². The molecule has 1 aromatic carbocycles. The average Bonchev–Trinajstić information content (AvgIpc) is 3.17. The lowest BCUT2D eigenvalue weighted by atomic mass is 9.89. The highest BCUT2D eigenvalue weighted by atomic mass is 19.1. The van der Waals surface area contributed by atoms with Crippen molar-refractivity contribution in [2.24, 2.45) is 0 Å². The summed E-state index contributed by atoms with van der Waals surface area (Å²) in [5.41, 5.74) is 0.0442. The Labute approximate surface area is 156 Å². The predicted molar refractivity (Wildman–Crippen MR) is 95.5 cm³/mol. The summed E-state index contributed by atoms with van der Waals surface area (Å²) >= 11 is 0. The number of anilines is 1. The molecule has 2 aliphatic rings. The topological polar surface area (TPSA) is 67.7 Å². The third-order valence-corrected chi connectivity index (χ3v) is 5.25. The standard InChI is InChI=1S/C19H21FN4O3/c20-15-3-1-4-16(11-15)24-14-19(27-13-18(24)26)5-9-22(10-6-19)17(25)12-23-8-2-7-21-23/h1-4,7-8,11H,5-6,9-10,12-14H2. The lowest BCUT2D eigenvalue weighted by molar-refractivity contribution is -0.150. The van der Waals surface area contributed by atoms with Gasteiger partial charge in [-0.2, -0.15) is 5.10 Å². The normalized spacial score (nSPS) is 19.5. The van der Waals surface area contributed by atoms with Crippen LogP contribution in [0.1, 0.15) is 12.8 Å². The molecule has 0 N–H and O–H groups in total. The molecular weight excluding hydrogens is 351 g/mol. The van der Waals surface area contributed by atoms with Gasteiger partial charge >= 0.3 is 0 Å². The summed E-state index contributed by atoms with van der Waals surface area (Å²) in [6, 6.07) is 7.82. The number of carbonyl (C=O) groups is 2. The third-order valence-electron chi connectivity index (χ3n) is 5.25. The largest absolute Gasteiger partial charge is 0.363 e. The SMILES string of the molecule is O=C(Cn1cccn1)N1CCC2(CC1)CN(c1cccc(F)c1)C(=O)CO2. The fourth-order valence-electron chi connectivity index (χ4n) is 3.69. The van der Waals surface area contributed by atoms with Crippen molar-refractivity contribution in [2.45, 2.75) is 25.0 Å². The number of carbonyl (C=O) groups excluding carboxylic acids is 2. The molecule has 0 bridgehead atoms. The summed E-state index contributed by atoms with van der Waals surface area (Å²) in [7, 11) is 0. The van der Waals surface area contributed by atoms with Crippen LogP contribution in [-0.4, -0.2) is 58.3 Å². The van der Waals surface area contributed by atoms with Crippen LogP contribution in [0.15, 0.2) is 42.7 Å². The Morgan fingerprint density at radius 1 is 1.26 bits per heavy atom. The van der Waals surface area contributed by atoms with Crippen LogP contribution in [0, 0.1) is 5.82 Å². The molecule has 2 saturated heterocycles. The van der Waals surface area contributed by atoms with Gasteiger partial charge in [0.1, 0.15) is 19.0 Å². The lowest BCUT2D eigenvalue weighted by Crippen LogP contribution is -2.59. The summed E-state index contributed by atoms with van der Waals surface area (Å²) in [4.78, 5) is 28.1. The van der Waals surface area contributed by atoms with E-state index in [2.05, 4.69) is 5.10 Å². The number of likely N-dealkylation sites (tertiary alicyclic amines) is 1. The minimum atomic E-state index is -0.497. The zero-order valence-corrected chi connectivity index (χ0v) is 14.9. The number of hydrogen-bond acceptors (Lipinski definition) is 4. The van der Waals surface area contributed by atoms with E-state index in [1.54, 1.807) is 45.1 Å². The molecule has 0 atom stereocenters. The molecule has 0 unspecified atom stereocenters. The van der Waals surface area contributed by atoms with Crippen molar-refractivity contribution in [2.75, 3.05) is 31.1 Å². The molecule has 3 heterocycles. The van der Waals surface area contributed by atoms with E-state index < -0.39 is 5.60 Å². The Morgan fingerprint density at radius 3 is 2.78 bits per heavy atom. The summed E-state index contributed by atoms with van der Waals surface area (Å²) in [5.74, 6) is -0.536. The molecule has 8 heteroatoms. The monoisotopic (exact) mass is 372 g/mol. The van der Waals surface area contributed by atoms with E-state index >= 15 is 0 Å². The zero-order valence-electron chi connectivity index (χ0n) is 14.9. The predicted octanol–water partition coefficient (Wildman–Crippen LogP) is 1.45. The van der Waals surface area contributed by atoms with Gasteiger partial charge in [0.15, 0.2) is 0 Å². The van der Waals surface area contributed by atoms with Crippen molar-refractivity contribution in [1.82, 2.24) is 14.7 Å². The second kappa shape index (κ2) is 7.11. The first-order chi connectivity index (χ1) is 13.0. The van der Waals surface area contributed by atoms with Crippen LogP contribution in [0.4, 0.5) is 10.1 Å². The van der Waals surface area contributed by atoms with Gasteiger partial charge in [-0.1, -0.05) is 6.07 Å². The molecule has 2 aliphatic heterocycles. The quantitative estimate of drug-likeness (QED) is 0.818. The van der Waals surface area contributed by atoms with Crippen molar-refractivity contribution in [1.29, 1.82) is 0 Å². The van der Waals surface area contributed by atoms with Crippen LogP contribution in [0.3, 0.4) is 0 Å². The Bertz CT molecular complexity index is 831. The minimum absolute atomic E-state index is 0.0161. The molecule has 0 radical (unpaired) electrons. The maximum absolute atomic E-state index is 13.6. The molecule has 27 heavy (non-hydrogen) atoms. The second-order valence-corrected chi connectivity index (χ2v) is 7.02. The number of halogens is 1. The number of hydrogen-bond donors (Lipinski definition) is 0. The van der Waals surface area contributed by atoms with E-state index in [1.165, 1.54) is 12.1 Å². The number of piperidine rings is 1. The van der Waals surface area contributed by atoms with Gasteiger partial charge in [-0.15, -0.1) is 0 Å². The van der Waals surface area contributed by atoms with Crippen molar-refractivity contribution >= 4 is 17.5 Å². The van der Waals surface area contributed by atoms with Gasteiger partial charge in [-0.3, -0.25) is 14.3 Å². The number of aromatic nitrogens is 2. The minimum Gasteiger partial charge on any atom is -0.363 e. The van der Waals surface area contributed by atoms with Gasteiger partial charge in [-0.05, 0) is 37.1 Å². The molecule has 7 nitrogen and oxygen atoms in total. The highest BCUT2D eigenvalue weighted by molar-refractivity contribution is 5.95. The van der Waals surface area contributed by atoms with Gasteiger partial charge in [0.25, 0.3) is 5.91 Å². The smallest absolute Gasteiger partial charge is 0.253 e. The molecular formula is C19H21FN4O3. The molecule has 0 aliphatic carbocycles. The summed E-state index contributed by atoms with van der Waals surface area (Å²) in [6.45, 7) is 1.68. The summed E-state index contributed by atoms with van der Waals surface area (Å²) < 4.78 is 21.1. The summed E-state index contributed by atoms with van der Waals surface area (Å²) in [6.07, 6.45) is 4.68. The number of nitrogens with zero attached hydrogens (tertiary/aromatic N) is 4. The fourth-order valence-corrected chi connectivity index (χ4v) is 3.69. The number of benzene rings is 1. The van der Waals surface area contributed by atoms with E-state index in [0.717, 1.165) is 0 Å². The number of amides is 2. The van der Waals surface area contributed by atoms with Crippen molar-refractivity contribution in [3.05, 3.63) is 48.5 Å². The highest BCUT2D eigenvalue weighted by Crippen LogP contribution is 2.33. The Morgan fingerprint density at radius 2 is 2.07 bits per heavy atom. The average molecular weight is 372 g/mol. The second-order valence-electron chi connectivity index (χ2n) is 7.02. The van der Waals surface area contributed by atoms with Crippen LogP contribution >= 0.6 is 0 Å². The van der Waals surface area contributed by atoms with Crippen molar-refractivity contribution in [3.63, 3.8) is 0 Å². The zero-order chi connectivity index (χ0) is 18.9. The Kier molecular flexibility index (Phi) is 4.65. The molecule has 2 amide bonds. The van der Waals surface area contributed by atoms with Crippen LogP contribution in [0.5, 0.6) is 0 Å². The first-order valence-electron chi connectivity index (χ1n) is 9.00. The van der Waals surface area contributed by atoms with Gasteiger partial charge in [0, 0.05) is 31.2 Å². The van der Waals surface area contributed by atoms with Gasteiger partial charge in [0.2, 0.25) is 5.91 Å². The summed E-state index contributed by atoms with van der Waals surface area (Å²) in [5, 5.41) is 4.06. The molecule has 4 rings (SSSR count). The molecule has 1 spiro atoms. The van der Waals surface area contributed by atoms with Crippen LogP contribution in [-0.2, 0) is 20.9 Å². The maximum atomic E-state index is 13.6. The molecule has 2 fully saturated rings. The van der Waals surface area contributed by atoms with Gasteiger partial charge in [-0.25, -0.2) is 4.39 Å². The van der Waals surface area contributed by atoms with Crippen LogP contribution in [0.2, 0.25) is 0 Å². The fraction of sp³-hybridized carbons (Fsp3) is 0.421. The van der Waals surface area contributed by atoms with E-state index in [0.29, 0.717) is 38.2 Å².